The summed E-state index contributed by atoms with van der Waals surface area (Å²) in [6, 6.07) is 70.9. The molecule has 0 amide bonds. The number of benzene rings is 10. The lowest BCUT2D eigenvalue weighted by molar-refractivity contribution is 0.670. The molecule has 55 heavy (non-hydrogen) atoms. The molecule has 12 rings (SSSR count). The minimum Gasteiger partial charge on any atom is -0.455 e. The Morgan fingerprint density at radius 1 is 0.236 bits per heavy atom. The summed E-state index contributed by atoms with van der Waals surface area (Å²) in [5.74, 6) is 0. The van der Waals surface area contributed by atoms with Crippen molar-refractivity contribution in [1.82, 2.24) is 0 Å². The van der Waals surface area contributed by atoms with Gasteiger partial charge in [0.15, 0.2) is 0 Å². The van der Waals surface area contributed by atoms with Gasteiger partial charge in [0.05, 0.1) is 0 Å². The molecule has 0 radical (unpaired) electrons. The Bertz CT molecular complexity index is 3270. The molecule has 1 nitrogen and oxygen atoms in total. The number of furan rings is 1. The number of hydrogen-bond donors (Lipinski definition) is 0. The maximum absolute atomic E-state index is 6.60. The van der Waals surface area contributed by atoms with Crippen molar-refractivity contribution in [3.05, 3.63) is 194 Å². The standard InChI is InChI=1S/C54H32O/c1-2-14-36(39-31-32-47-38-16-4-3-15-37(38)41-22-11-23-42(39)52(41)47)35(13-1)33-27-29-34(30-28-33)51-43-18-5-7-20-45(43)53(46-21-8-6-19-44(46)51)49-25-12-24-48-40-17-9-10-26-50(40)55-54(48)49/h1-32H. The van der Waals surface area contributed by atoms with Crippen molar-refractivity contribution in [1.29, 1.82) is 0 Å². The monoisotopic (exact) mass is 696 g/mol. The van der Waals surface area contributed by atoms with Crippen LogP contribution in [0.25, 0.3) is 121 Å². The van der Waals surface area contributed by atoms with Gasteiger partial charge in [0.25, 0.3) is 0 Å². The van der Waals surface area contributed by atoms with Crippen molar-refractivity contribution in [2.45, 2.75) is 0 Å². The molecule has 0 aliphatic heterocycles. The van der Waals surface area contributed by atoms with Crippen molar-refractivity contribution in [2.24, 2.45) is 0 Å². The zero-order chi connectivity index (χ0) is 36.0. The first kappa shape index (κ1) is 30.3. The third kappa shape index (κ3) is 4.35. The lowest BCUT2D eigenvalue weighted by atomic mass is 9.85. The first-order valence-corrected chi connectivity index (χ1v) is 19.0. The first-order chi connectivity index (χ1) is 27.3. The predicted octanol–water partition coefficient (Wildman–Crippen LogP) is 15.4. The van der Waals surface area contributed by atoms with Gasteiger partial charge in [-0.3, -0.25) is 0 Å². The van der Waals surface area contributed by atoms with Crippen LogP contribution >= 0.6 is 0 Å². The van der Waals surface area contributed by atoms with Crippen molar-refractivity contribution in [3.8, 4) is 66.8 Å². The molecule has 0 atom stereocenters. The Labute approximate surface area is 318 Å². The molecule has 0 spiro atoms. The molecule has 1 heterocycles. The van der Waals surface area contributed by atoms with Gasteiger partial charge in [0.2, 0.25) is 0 Å². The third-order valence-electron chi connectivity index (χ3n) is 11.9. The Hall–Kier alpha value is -7.22. The van der Waals surface area contributed by atoms with Crippen molar-refractivity contribution in [2.75, 3.05) is 0 Å². The highest BCUT2D eigenvalue weighted by atomic mass is 16.3. The highest BCUT2D eigenvalue weighted by Gasteiger charge is 2.24. The molecule has 254 valence electrons. The number of hydrogen-bond acceptors (Lipinski definition) is 1. The molecule has 0 unspecified atom stereocenters. The quantitative estimate of drug-likeness (QED) is 0.167. The summed E-state index contributed by atoms with van der Waals surface area (Å²) in [4.78, 5) is 0. The van der Waals surface area contributed by atoms with Crippen LogP contribution in [0.4, 0.5) is 0 Å². The van der Waals surface area contributed by atoms with E-state index in [2.05, 4.69) is 188 Å². The summed E-state index contributed by atoms with van der Waals surface area (Å²) < 4.78 is 6.60. The van der Waals surface area contributed by atoms with Gasteiger partial charge >= 0.3 is 0 Å². The molecule has 0 saturated carbocycles. The average Bonchev–Trinajstić information content (AvgIpc) is 3.80. The second-order valence-electron chi connectivity index (χ2n) is 14.7. The van der Waals surface area contributed by atoms with Gasteiger partial charge in [-0.2, -0.15) is 0 Å². The fourth-order valence-corrected chi connectivity index (χ4v) is 9.50. The van der Waals surface area contributed by atoms with Crippen LogP contribution in [-0.2, 0) is 0 Å². The molecule has 0 N–H and O–H groups in total. The van der Waals surface area contributed by atoms with E-state index in [9.17, 15) is 0 Å². The van der Waals surface area contributed by atoms with E-state index in [0.717, 1.165) is 27.5 Å². The predicted molar refractivity (Wildman–Crippen MR) is 232 cm³/mol. The van der Waals surface area contributed by atoms with Crippen LogP contribution in [0.2, 0.25) is 0 Å². The summed E-state index contributed by atoms with van der Waals surface area (Å²) in [7, 11) is 0. The summed E-state index contributed by atoms with van der Waals surface area (Å²) in [6.45, 7) is 0. The van der Waals surface area contributed by atoms with Gasteiger partial charge in [-0.25, -0.2) is 0 Å². The first-order valence-electron chi connectivity index (χ1n) is 19.0. The van der Waals surface area contributed by atoms with Gasteiger partial charge in [0, 0.05) is 21.9 Å². The largest absolute Gasteiger partial charge is 0.455 e. The minimum atomic E-state index is 0.913. The van der Waals surface area contributed by atoms with E-state index >= 15 is 0 Å². The average molecular weight is 697 g/mol. The van der Waals surface area contributed by atoms with E-state index in [1.165, 1.54) is 93.5 Å². The van der Waals surface area contributed by atoms with E-state index in [0.29, 0.717) is 0 Å². The number of para-hydroxylation sites is 2. The van der Waals surface area contributed by atoms with Crippen molar-refractivity contribution in [3.63, 3.8) is 0 Å². The van der Waals surface area contributed by atoms with Crippen LogP contribution < -0.4 is 0 Å². The Morgan fingerprint density at radius 3 is 1.35 bits per heavy atom. The van der Waals surface area contributed by atoms with Crippen LogP contribution in [0.15, 0.2) is 199 Å². The second kappa shape index (κ2) is 11.6. The molecule has 1 aliphatic carbocycles. The fraction of sp³-hybridized carbons (Fsp3) is 0. The van der Waals surface area contributed by atoms with E-state index < -0.39 is 0 Å². The Balaban J connectivity index is 1.02. The van der Waals surface area contributed by atoms with Crippen LogP contribution in [0.5, 0.6) is 0 Å². The normalized spacial score (nSPS) is 12.0. The number of fused-ring (bicyclic) bond motifs is 8. The highest BCUT2D eigenvalue weighted by molar-refractivity contribution is 6.24. The summed E-state index contributed by atoms with van der Waals surface area (Å²) in [5, 5.41) is 9.82. The molecule has 1 aliphatic rings. The van der Waals surface area contributed by atoms with Gasteiger partial charge < -0.3 is 4.42 Å². The van der Waals surface area contributed by atoms with E-state index in [1.807, 2.05) is 6.07 Å². The Kier molecular flexibility index (Phi) is 6.40. The van der Waals surface area contributed by atoms with Crippen LogP contribution in [-0.4, -0.2) is 0 Å². The molecule has 0 saturated heterocycles. The van der Waals surface area contributed by atoms with E-state index in [-0.39, 0.29) is 0 Å². The molecule has 0 bridgehead atoms. The molecule has 10 aromatic carbocycles. The smallest absolute Gasteiger partial charge is 0.143 e. The summed E-state index contributed by atoms with van der Waals surface area (Å²) in [5.41, 5.74) is 16.9. The van der Waals surface area contributed by atoms with Crippen molar-refractivity contribution >= 4 is 54.3 Å². The number of rotatable bonds is 4. The Morgan fingerprint density at radius 2 is 0.673 bits per heavy atom. The van der Waals surface area contributed by atoms with Crippen LogP contribution in [0, 0.1) is 0 Å². The summed E-state index contributed by atoms with van der Waals surface area (Å²) in [6.07, 6.45) is 0. The molecular weight excluding hydrogens is 665 g/mol. The lowest BCUT2D eigenvalue weighted by Gasteiger charge is -2.18. The van der Waals surface area contributed by atoms with Crippen LogP contribution in [0.3, 0.4) is 0 Å². The molecule has 1 heteroatoms. The highest BCUT2D eigenvalue weighted by Crippen LogP contribution is 2.51. The fourth-order valence-electron chi connectivity index (χ4n) is 9.50. The summed E-state index contributed by atoms with van der Waals surface area (Å²) >= 11 is 0. The maximum atomic E-state index is 6.60. The topological polar surface area (TPSA) is 13.1 Å². The van der Waals surface area contributed by atoms with E-state index in [4.69, 9.17) is 4.42 Å². The van der Waals surface area contributed by atoms with Gasteiger partial charge in [-0.15, -0.1) is 0 Å². The maximum Gasteiger partial charge on any atom is 0.143 e. The minimum absolute atomic E-state index is 0.913. The van der Waals surface area contributed by atoms with Crippen molar-refractivity contribution < 1.29 is 4.42 Å². The van der Waals surface area contributed by atoms with E-state index in [1.54, 1.807) is 0 Å². The SMILES string of the molecule is c1ccc(-c2ccc3c4c(cccc24)-c2ccccc2-3)c(-c2ccc(-c3c4ccccc4c(-c4cccc5c4oc4ccccc45)c4ccccc34)cc2)c1. The van der Waals surface area contributed by atoms with Gasteiger partial charge in [-0.1, -0.05) is 188 Å². The molecule has 11 aromatic rings. The zero-order valence-corrected chi connectivity index (χ0v) is 29.9. The molecule has 1 aromatic heterocycles. The van der Waals surface area contributed by atoms with Crippen LogP contribution in [0.1, 0.15) is 0 Å². The molecule has 0 fully saturated rings. The van der Waals surface area contributed by atoms with Gasteiger partial charge in [0.1, 0.15) is 11.2 Å². The third-order valence-corrected chi connectivity index (χ3v) is 11.9. The molecular formula is C54H32O. The lowest BCUT2D eigenvalue weighted by Crippen LogP contribution is -1.91. The zero-order valence-electron chi connectivity index (χ0n) is 29.9. The second-order valence-corrected chi connectivity index (χ2v) is 14.7. The van der Waals surface area contributed by atoms with Gasteiger partial charge in [-0.05, 0) is 94.0 Å².